The van der Waals surface area contributed by atoms with Crippen LogP contribution in [0.15, 0.2) is 27.1 Å². The number of hydrogen-bond donors (Lipinski definition) is 2. The van der Waals surface area contributed by atoms with E-state index in [1.807, 2.05) is 0 Å². The Morgan fingerprint density at radius 2 is 2.35 bits per heavy atom. The molecule has 0 aliphatic rings. The lowest BCUT2D eigenvalue weighted by molar-refractivity contribution is -0.110. The third-order valence-electron chi connectivity index (χ3n) is 1.83. The number of hydrogen-bond acceptors (Lipinski definition) is 4. The maximum atomic E-state index is 13.0. The van der Waals surface area contributed by atoms with Gasteiger partial charge in [-0.05, 0) is 46.1 Å². The van der Waals surface area contributed by atoms with Gasteiger partial charge in [0.2, 0.25) is 0 Å². The van der Waals surface area contributed by atoms with Crippen LogP contribution in [0.4, 0.5) is 10.1 Å². The molecule has 0 fully saturated rings. The third kappa shape index (κ3) is 4.10. The van der Waals surface area contributed by atoms with Crippen molar-refractivity contribution < 1.29 is 9.18 Å². The largest absolute Gasteiger partial charge is 0.325 e. The van der Waals surface area contributed by atoms with Gasteiger partial charge in [0.15, 0.2) is 0 Å². The standard InChI is InChI=1S/C10H11BrFN3OS/c1-17-15-9(5-13)10(16)14-6-2-3-8(12)7(11)4-6/h2-4H,5,13H2,1H3,(H,14,16)/b15-9+. The fourth-order valence-electron chi connectivity index (χ4n) is 1.06. The molecule has 0 heterocycles. The fourth-order valence-corrected chi connectivity index (χ4v) is 1.82. The van der Waals surface area contributed by atoms with Crippen molar-refractivity contribution >= 4 is 45.2 Å². The first-order chi connectivity index (χ1) is 8.08. The molecule has 92 valence electrons. The maximum absolute atomic E-state index is 13.0. The van der Waals surface area contributed by atoms with Gasteiger partial charge in [-0.15, -0.1) is 0 Å². The van der Waals surface area contributed by atoms with E-state index in [0.717, 1.165) is 11.9 Å². The maximum Gasteiger partial charge on any atom is 0.272 e. The number of nitrogens with zero attached hydrogens (tertiary/aromatic N) is 1. The van der Waals surface area contributed by atoms with E-state index in [9.17, 15) is 9.18 Å². The monoisotopic (exact) mass is 319 g/mol. The van der Waals surface area contributed by atoms with Crippen LogP contribution in [0.1, 0.15) is 0 Å². The molecule has 0 spiro atoms. The molecule has 0 aliphatic heterocycles. The fraction of sp³-hybridized carbons (Fsp3) is 0.200. The van der Waals surface area contributed by atoms with Gasteiger partial charge in [-0.3, -0.25) is 4.79 Å². The molecule has 0 aliphatic carbocycles. The minimum atomic E-state index is -0.389. The molecule has 3 N–H and O–H groups in total. The number of benzene rings is 1. The van der Waals surface area contributed by atoms with Gasteiger partial charge in [-0.2, -0.15) is 0 Å². The summed E-state index contributed by atoms with van der Waals surface area (Å²) in [4.78, 5) is 11.7. The van der Waals surface area contributed by atoms with Crippen LogP contribution in [-0.2, 0) is 4.79 Å². The number of anilines is 1. The van der Waals surface area contributed by atoms with Crippen molar-refractivity contribution in [3.63, 3.8) is 0 Å². The second kappa shape index (κ2) is 6.73. The van der Waals surface area contributed by atoms with Crippen LogP contribution < -0.4 is 11.1 Å². The Morgan fingerprint density at radius 3 is 2.88 bits per heavy atom. The lowest BCUT2D eigenvalue weighted by Crippen LogP contribution is -2.29. The molecule has 17 heavy (non-hydrogen) atoms. The van der Waals surface area contributed by atoms with Crippen molar-refractivity contribution in [1.29, 1.82) is 0 Å². The number of nitrogens with one attached hydrogen (secondary N) is 1. The van der Waals surface area contributed by atoms with Gasteiger partial charge in [-0.25, -0.2) is 8.79 Å². The van der Waals surface area contributed by atoms with E-state index in [2.05, 4.69) is 25.6 Å². The lowest BCUT2D eigenvalue weighted by atomic mass is 10.3. The van der Waals surface area contributed by atoms with Gasteiger partial charge >= 0.3 is 0 Å². The summed E-state index contributed by atoms with van der Waals surface area (Å²) >= 11 is 4.19. The molecule has 1 amide bonds. The second-order valence-corrected chi connectivity index (χ2v) is 4.41. The number of nitrogens with two attached hydrogens (primary N) is 1. The highest BCUT2D eigenvalue weighted by atomic mass is 79.9. The summed E-state index contributed by atoms with van der Waals surface area (Å²) < 4.78 is 17.1. The van der Waals surface area contributed by atoms with Crippen molar-refractivity contribution in [1.82, 2.24) is 0 Å². The van der Waals surface area contributed by atoms with E-state index in [1.165, 1.54) is 18.2 Å². The molecule has 0 atom stereocenters. The minimum absolute atomic E-state index is 0.0506. The highest BCUT2D eigenvalue weighted by Crippen LogP contribution is 2.19. The summed E-state index contributed by atoms with van der Waals surface area (Å²) in [6.45, 7) is 0.0506. The smallest absolute Gasteiger partial charge is 0.272 e. The number of halogens is 2. The summed E-state index contributed by atoms with van der Waals surface area (Å²) in [5, 5.41) is 2.59. The summed E-state index contributed by atoms with van der Waals surface area (Å²) in [5.74, 6) is -0.778. The van der Waals surface area contributed by atoms with E-state index in [1.54, 1.807) is 6.26 Å². The number of carbonyl (C=O) groups is 1. The Bertz CT molecular complexity index is 453. The zero-order valence-electron chi connectivity index (χ0n) is 9.04. The minimum Gasteiger partial charge on any atom is -0.325 e. The molecule has 7 heteroatoms. The molecule has 4 nitrogen and oxygen atoms in total. The van der Waals surface area contributed by atoms with E-state index in [-0.39, 0.29) is 28.5 Å². The summed E-state index contributed by atoms with van der Waals surface area (Å²) in [7, 11) is 0. The van der Waals surface area contributed by atoms with E-state index >= 15 is 0 Å². The number of carbonyl (C=O) groups excluding carboxylic acids is 1. The first kappa shape index (κ1) is 14.1. The average Bonchev–Trinajstić information content (AvgIpc) is 2.30. The summed E-state index contributed by atoms with van der Waals surface area (Å²) in [5.41, 5.74) is 6.10. The predicted octanol–water partition coefficient (Wildman–Crippen LogP) is 2.20. The van der Waals surface area contributed by atoms with Crippen molar-refractivity contribution in [2.75, 3.05) is 18.1 Å². The quantitative estimate of drug-likeness (QED) is 0.660. The van der Waals surface area contributed by atoms with Crippen molar-refractivity contribution in [3.05, 3.63) is 28.5 Å². The number of amides is 1. The van der Waals surface area contributed by atoms with Gasteiger partial charge in [0, 0.05) is 18.5 Å². The third-order valence-corrected chi connectivity index (χ3v) is 2.85. The highest BCUT2D eigenvalue weighted by molar-refractivity contribution is 9.10. The molecule has 1 aromatic rings. The summed E-state index contributed by atoms with van der Waals surface area (Å²) in [6.07, 6.45) is 1.73. The van der Waals surface area contributed by atoms with Crippen LogP contribution >= 0.6 is 27.9 Å². The van der Waals surface area contributed by atoms with Crippen LogP contribution in [0, 0.1) is 5.82 Å². The van der Waals surface area contributed by atoms with Gasteiger partial charge in [-0.1, -0.05) is 0 Å². The molecule has 0 saturated carbocycles. The van der Waals surface area contributed by atoms with Crippen molar-refractivity contribution in [2.24, 2.45) is 10.1 Å². The van der Waals surface area contributed by atoms with E-state index < -0.39 is 0 Å². The van der Waals surface area contributed by atoms with Gasteiger partial charge < -0.3 is 11.1 Å². The molecule has 0 saturated heterocycles. The van der Waals surface area contributed by atoms with E-state index in [4.69, 9.17) is 5.73 Å². The first-order valence-electron chi connectivity index (χ1n) is 4.65. The number of rotatable bonds is 4. The van der Waals surface area contributed by atoms with Crippen molar-refractivity contribution in [3.8, 4) is 0 Å². The second-order valence-electron chi connectivity index (χ2n) is 3.01. The molecular weight excluding hydrogens is 309 g/mol. The lowest BCUT2D eigenvalue weighted by Gasteiger charge is -2.06. The van der Waals surface area contributed by atoms with Crippen molar-refractivity contribution in [2.45, 2.75) is 0 Å². The van der Waals surface area contributed by atoms with E-state index in [0.29, 0.717) is 5.69 Å². The Morgan fingerprint density at radius 1 is 1.65 bits per heavy atom. The molecule has 0 radical (unpaired) electrons. The molecule has 0 bridgehead atoms. The molecular formula is C10H11BrFN3OS. The van der Waals surface area contributed by atoms with Crippen LogP contribution in [-0.4, -0.2) is 24.4 Å². The highest BCUT2D eigenvalue weighted by Gasteiger charge is 2.10. The molecule has 1 aromatic carbocycles. The zero-order chi connectivity index (χ0) is 12.8. The predicted molar refractivity (Wildman–Crippen MR) is 72.7 cm³/mol. The molecule has 0 aromatic heterocycles. The van der Waals surface area contributed by atoms with Crippen LogP contribution in [0.2, 0.25) is 0 Å². The normalized spacial score (nSPS) is 11.4. The van der Waals surface area contributed by atoms with Crippen LogP contribution in [0.25, 0.3) is 0 Å². The Kier molecular flexibility index (Phi) is 5.60. The topological polar surface area (TPSA) is 67.5 Å². The zero-order valence-corrected chi connectivity index (χ0v) is 11.4. The first-order valence-corrected chi connectivity index (χ1v) is 6.62. The van der Waals surface area contributed by atoms with Gasteiger partial charge in [0.25, 0.3) is 5.91 Å². The average molecular weight is 320 g/mol. The Balaban J connectivity index is 2.80. The summed E-state index contributed by atoms with van der Waals surface area (Å²) in [6, 6.07) is 4.19. The van der Waals surface area contributed by atoms with Gasteiger partial charge in [0.1, 0.15) is 11.5 Å². The molecule has 0 unspecified atom stereocenters. The Labute approximate surface area is 111 Å². The Hall–Kier alpha value is -0.920. The SMILES string of the molecule is CS/N=C(\CN)C(=O)Nc1ccc(F)c(Br)c1. The molecule has 1 rings (SSSR count). The van der Waals surface area contributed by atoms with Gasteiger partial charge in [0.05, 0.1) is 4.47 Å². The van der Waals surface area contributed by atoms with Crippen LogP contribution in [0.5, 0.6) is 0 Å². The van der Waals surface area contributed by atoms with Crippen LogP contribution in [0.3, 0.4) is 0 Å².